The van der Waals surface area contributed by atoms with E-state index in [1.165, 1.54) is 43.8 Å². The van der Waals surface area contributed by atoms with Crippen molar-refractivity contribution in [3.05, 3.63) is 87.5 Å². The van der Waals surface area contributed by atoms with Crippen LogP contribution in [0, 0.1) is 20.3 Å². The first kappa shape index (κ1) is 16.6. The maximum atomic E-state index is 2.34. The van der Waals surface area contributed by atoms with Crippen LogP contribution in [-0.2, 0) is 26.2 Å². The molecular formula is C21H17SZr. The summed E-state index contributed by atoms with van der Waals surface area (Å²) in [5, 5.41) is 2.14. The van der Waals surface area contributed by atoms with E-state index >= 15 is 0 Å². The maximum Gasteiger partial charge on any atom is 0.0309 e. The minimum Gasteiger partial charge on any atom is -0.144 e. The first-order chi connectivity index (χ1) is 10.7. The number of allylic oxidation sites excluding steroid dienone is 1. The molecule has 23 heavy (non-hydrogen) atoms. The van der Waals surface area contributed by atoms with E-state index in [9.17, 15) is 0 Å². The molecule has 0 fully saturated rings. The van der Waals surface area contributed by atoms with Gasteiger partial charge in [0, 0.05) is 37.5 Å². The molecule has 0 nitrogen and oxygen atoms in total. The van der Waals surface area contributed by atoms with Crippen molar-refractivity contribution >= 4 is 23.0 Å². The molecule has 1 aliphatic rings. The van der Waals surface area contributed by atoms with Gasteiger partial charge in [-0.05, 0) is 70.3 Å². The third-order valence-corrected chi connectivity index (χ3v) is 5.32. The first-order valence-electron chi connectivity index (χ1n) is 7.54. The third-order valence-electron chi connectivity index (χ3n) is 4.40. The minimum absolute atomic E-state index is 0. The Morgan fingerprint density at radius 1 is 0.913 bits per heavy atom. The molecule has 111 valence electrons. The van der Waals surface area contributed by atoms with Crippen LogP contribution >= 0.6 is 11.3 Å². The molecule has 0 bridgehead atoms. The van der Waals surface area contributed by atoms with E-state index in [2.05, 4.69) is 80.3 Å². The topological polar surface area (TPSA) is 0 Å². The van der Waals surface area contributed by atoms with E-state index in [1.54, 1.807) is 11.3 Å². The van der Waals surface area contributed by atoms with Crippen molar-refractivity contribution in [2.24, 2.45) is 0 Å². The van der Waals surface area contributed by atoms with Crippen LogP contribution in [0.3, 0.4) is 0 Å². The van der Waals surface area contributed by atoms with Crippen molar-refractivity contribution in [2.75, 3.05) is 0 Å². The Bertz CT molecular complexity index is 859. The SMILES string of the molecule is Cc1cc2c(c(-c3ccccc3)c1C)C=C(c1cccs1)[CH]2.[Zr]. The monoisotopic (exact) mass is 391 g/mol. The van der Waals surface area contributed by atoms with Crippen LogP contribution in [0.5, 0.6) is 0 Å². The van der Waals surface area contributed by atoms with Crippen molar-refractivity contribution in [3.63, 3.8) is 0 Å². The van der Waals surface area contributed by atoms with Gasteiger partial charge in [-0.25, -0.2) is 0 Å². The van der Waals surface area contributed by atoms with E-state index in [4.69, 9.17) is 0 Å². The Morgan fingerprint density at radius 3 is 2.39 bits per heavy atom. The molecule has 0 amide bonds. The fourth-order valence-corrected chi connectivity index (χ4v) is 3.88. The van der Waals surface area contributed by atoms with Crippen LogP contribution in [0.15, 0.2) is 53.9 Å². The smallest absolute Gasteiger partial charge is 0.0309 e. The molecule has 3 aromatic rings. The summed E-state index contributed by atoms with van der Waals surface area (Å²) in [6.07, 6.45) is 4.66. The minimum atomic E-state index is 0. The Morgan fingerprint density at radius 2 is 1.70 bits per heavy atom. The molecule has 0 unspecified atom stereocenters. The van der Waals surface area contributed by atoms with Crippen LogP contribution in [-0.4, -0.2) is 0 Å². The van der Waals surface area contributed by atoms with Gasteiger partial charge >= 0.3 is 0 Å². The number of hydrogen-bond donors (Lipinski definition) is 0. The fraction of sp³-hybridized carbons (Fsp3) is 0.0952. The molecule has 0 atom stereocenters. The van der Waals surface area contributed by atoms with Gasteiger partial charge in [-0.3, -0.25) is 0 Å². The zero-order chi connectivity index (χ0) is 15.1. The summed E-state index contributed by atoms with van der Waals surface area (Å²) in [7, 11) is 0. The maximum absolute atomic E-state index is 2.34. The average Bonchev–Trinajstić information content (AvgIpc) is 3.18. The van der Waals surface area contributed by atoms with E-state index < -0.39 is 0 Å². The normalized spacial score (nSPS) is 12.5. The molecule has 0 N–H and O–H groups in total. The summed E-state index contributed by atoms with van der Waals surface area (Å²) in [6, 6.07) is 17.4. The summed E-state index contributed by atoms with van der Waals surface area (Å²) >= 11 is 1.80. The molecule has 2 heteroatoms. The van der Waals surface area contributed by atoms with Gasteiger partial charge in [0.1, 0.15) is 0 Å². The Hall–Kier alpha value is -1.24. The van der Waals surface area contributed by atoms with Crippen LogP contribution in [0.2, 0.25) is 0 Å². The van der Waals surface area contributed by atoms with Gasteiger partial charge in [-0.1, -0.05) is 42.5 Å². The zero-order valence-electron chi connectivity index (χ0n) is 13.3. The van der Waals surface area contributed by atoms with Crippen LogP contribution < -0.4 is 0 Å². The molecule has 0 spiro atoms. The van der Waals surface area contributed by atoms with Gasteiger partial charge in [0.25, 0.3) is 0 Å². The van der Waals surface area contributed by atoms with Gasteiger partial charge in [-0.15, -0.1) is 11.3 Å². The molecular weight excluding hydrogens is 376 g/mol. The quantitative estimate of drug-likeness (QED) is 0.492. The predicted molar refractivity (Wildman–Crippen MR) is 96.9 cm³/mol. The number of fused-ring (bicyclic) bond motifs is 1. The summed E-state index contributed by atoms with van der Waals surface area (Å²) in [5.41, 5.74) is 9.43. The number of aryl methyl sites for hydroxylation is 1. The van der Waals surface area contributed by atoms with E-state index in [1.807, 2.05) is 0 Å². The van der Waals surface area contributed by atoms with Crippen LogP contribution in [0.25, 0.3) is 22.8 Å². The molecule has 0 aliphatic heterocycles. The summed E-state index contributed by atoms with van der Waals surface area (Å²) in [6.45, 7) is 4.44. The van der Waals surface area contributed by atoms with E-state index in [0.29, 0.717) is 0 Å². The molecule has 2 aromatic carbocycles. The zero-order valence-corrected chi connectivity index (χ0v) is 16.5. The number of rotatable bonds is 2. The summed E-state index contributed by atoms with van der Waals surface area (Å²) in [4.78, 5) is 1.34. The number of hydrogen-bond acceptors (Lipinski definition) is 1. The Balaban J connectivity index is 0.00000156. The fourth-order valence-electron chi connectivity index (χ4n) is 3.16. The van der Waals surface area contributed by atoms with Crippen LogP contribution in [0.1, 0.15) is 27.1 Å². The van der Waals surface area contributed by atoms with Crippen molar-refractivity contribution in [1.29, 1.82) is 0 Å². The average molecular weight is 393 g/mol. The largest absolute Gasteiger partial charge is 0.144 e. The van der Waals surface area contributed by atoms with Gasteiger partial charge < -0.3 is 0 Å². The molecule has 0 saturated carbocycles. The second kappa shape index (κ2) is 6.71. The Labute approximate surface area is 161 Å². The molecule has 1 radical (unpaired) electrons. The van der Waals surface area contributed by atoms with Crippen molar-refractivity contribution < 1.29 is 26.2 Å². The van der Waals surface area contributed by atoms with Gasteiger partial charge in [0.15, 0.2) is 0 Å². The van der Waals surface area contributed by atoms with Gasteiger partial charge in [0.2, 0.25) is 0 Å². The van der Waals surface area contributed by atoms with Crippen molar-refractivity contribution in [1.82, 2.24) is 0 Å². The number of thiophene rings is 1. The number of benzene rings is 2. The summed E-state index contributed by atoms with van der Waals surface area (Å²) < 4.78 is 0. The second-order valence-electron chi connectivity index (χ2n) is 5.78. The van der Waals surface area contributed by atoms with Crippen LogP contribution in [0.4, 0.5) is 0 Å². The predicted octanol–water partition coefficient (Wildman–Crippen LogP) is 6.14. The second-order valence-corrected chi connectivity index (χ2v) is 6.73. The Kier molecular flexibility index (Phi) is 4.85. The molecule has 1 aliphatic carbocycles. The standard InChI is InChI=1S/C21H17S.Zr/c1-14-11-17-12-18(20-9-6-10-22-20)13-19(17)21(15(14)2)16-7-4-3-5-8-16;/h3-13H,1-2H3;. The van der Waals surface area contributed by atoms with Crippen molar-refractivity contribution in [2.45, 2.75) is 13.8 Å². The van der Waals surface area contributed by atoms with Crippen molar-refractivity contribution in [3.8, 4) is 11.1 Å². The van der Waals surface area contributed by atoms with Gasteiger partial charge in [0.05, 0.1) is 0 Å². The molecule has 1 heterocycles. The van der Waals surface area contributed by atoms with E-state index in [-0.39, 0.29) is 26.2 Å². The first-order valence-corrected chi connectivity index (χ1v) is 8.42. The van der Waals surface area contributed by atoms with E-state index in [0.717, 1.165) is 0 Å². The molecule has 0 saturated heterocycles. The summed E-state index contributed by atoms with van der Waals surface area (Å²) in [5.74, 6) is 0. The molecule has 4 rings (SSSR count). The molecule has 1 aromatic heterocycles. The third kappa shape index (κ3) is 2.95. The van der Waals surface area contributed by atoms with Gasteiger partial charge in [-0.2, -0.15) is 0 Å².